The SMILES string of the molecule is FC(P)OCCn1nnc(-c2ccccc2Nc2ccc(C(F)(P)P)cc2)n1. The summed E-state index contributed by atoms with van der Waals surface area (Å²) in [5.41, 5.74) is 2.87. The van der Waals surface area contributed by atoms with Gasteiger partial charge in [-0.15, -0.1) is 10.2 Å². The molecule has 6 nitrogen and oxygen atoms in total. The third-order valence-corrected chi connectivity index (χ3v) is 4.65. The van der Waals surface area contributed by atoms with Crippen molar-refractivity contribution >= 4 is 39.1 Å². The van der Waals surface area contributed by atoms with Gasteiger partial charge in [-0.25, -0.2) is 8.78 Å². The molecule has 1 aromatic heterocycles. The Labute approximate surface area is 168 Å². The van der Waals surface area contributed by atoms with Gasteiger partial charge in [-0.1, -0.05) is 52.0 Å². The second-order valence-electron chi connectivity index (χ2n) is 5.95. The van der Waals surface area contributed by atoms with Crippen LogP contribution in [-0.4, -0.2) is 32.9 Å². The lowest BCUT2D eigenvalue weighted by molar-refractivity contribution is 0.0204. The van der Waals surface area contributed by atoms with E-state index >= 15 is 0 Å². The maximum absolute atomic E-state index is 13.9. The van der Waals surface area contributed by atoms with E-state index in [1.807, 2.05) is 33.5 Å². The van der Waals surface area contributed by atoms with Crippen LogP contribution in [0.15, 0.2) is 48.5 Å². The number of nitrogens with zero attached hydrogens (tertiary/aromatic N) is 4. The summed E-state index contributed by atoms with van der Waals surface area (Å²) >= 11 is 0. The number of anilines is 2. The molecule has 11 heteroatoms. The average Bonchev–Trinajstić information content (AvgIpc) is 3.10. The Kier molecular flexibility index (Phi) is 7.00. The number of aromatic nitrogens is 4. The molecular weight excluding hydrogens is 421 g/mol. The summed E-state index contributed by atoms with van der Waals surface area (Å²) in [4.78, 5) is 1.35. The lowest BCUT2D eigenvalue weighted by atomic mass is 10.1. The predicted octanol–water partition coefficient (Wildman–Crippen LogP) is 4.06. The fourth-order valence-electron chi connectivity index (χ4n) is 2.44. The van der Waals surface area contributed by atoms with E-state index in [1.54, 1.807) is 24.3 Å². The van der Waals surface area contributed by atoms with E-state index < -0.39 is 11.2 Å². The quantitative estimate of drug-likeness (QED) is 0.535. The van der Waals surface area contributed by atoms with Crippen LogP contribution in [0.5, 0.6) is 0 Å². The zero-order valence-corrected chi connectivity index (χ0v) is 18.3. The number of benzene rings is 2. The molecule has 0 fully saturated rings. The Morgan fingerprint density at radius 1 is 1.14 bits per heavy atom. The molecule has 1 heterocycles. The molecule has 0 bridgehead atoms. The molecule has 0 aliphatic heterocycles. The van der Waals surface area contributed by atoms with E-state index in [0.717, 1.165) is 16.9 Å². The Hall–Kier alpha value is -1.58. The number of hydrogen-bond acceptors (Lipinski definition) is 5. The van der Waals surface area contributed by atoms with E-state index in [9.17, 15) is 8.78 Å². The summed E-state index contributed by atoms with van der Waals surface area (Å²) in [5.74, 6) is 0.431. The number of alkyl halides is 2. The van der Waals surface area contributed by atoms with Crippen LogP contribution in [0.1, 0.15) is 5.56 Å². The first-order valence-corrected chi connectivity index (χ1v) is 10.2. The van der Waals surface area contributed by atoms with Gasteiger partial charge in [0.15, 0.2) is 5.15 Å². The summed E-state index contributed by atoms with van der Waals surface area (Å²) in [6.07, 6.45) is -1.42. The van der Waals surface area contributed by atoms with Gasteiger partial charge in [0.1, 0.15) is 0 Å². The number of hydrogen-bond donors (Lipinski definition) is 1. The summed E-state index contributed by atoms with van der Waals surface area (Å²) in [6, 6.07) is 14.5. The van der Waals surface area contributed by atoms with Gasteiger partial charge in [0.05, 0.1) is 13.2 Å². The van der Waals surface area contributed by atoms with Gasteiger partial charge in [-0.05, 0) is 35.0 Å². The molecule has 0 saturated heterocycles. The molecule has 28 heavy (non-hydrogen) atoms. The molecule has 3 aromatic rings. The second-order valence-corrected chi connectivity index (χ2v) is 8.82. The van der Waals surface area contributed by atoms with Crippen molar-refractivity contribution in [2.75, 3.05) is 11.9 Å². The highest BCUT2D eigenvalue weighted by molar-refractivity contribution is 7.38. The molecule has 0 aliphatic carbocycles. The van der Waals surface area contributed by atoms with Gasteiger partial charge < -0.3 is 10.1 Å². The average molecular weight is 441 g/mol. The minimum absolute atomic E-state index is 0.133. The topological polar surface area (TPSA) is 64.9 Å². The lowest BCUT2D eigenvalue weighted by Crippen LogP contribution is -2.10. The fraction of sp³-hybridized carbons (Fsp3) is 0.235. The Bertz CT molecular complexity index is 916. The van der Waals surface area contributed by atoms with E-state index in [-0.39, 0.29) is 13.2 Å². The minimum atomic E-state index is -1.55. The Morgan fingerprint density at radius 2 is 1.86 bits per heavy atom. The summed E-state index contributed by atoms with van der Waals surface area (Å²) in [6.45, 7) is 0.419. The monoisotopic (exact) mass is 441 g/mol. The van der Waals surface area contributed by atoms with Gasteiger partial charge in [-0.3, -0.25) is 0 Å². The maximum atomic E-state index is 13.9. The molecular formula is C17H20F2N5OP3. The van der Waals surface area contributed by atoms with Crippen molar-refractivity contribution < 1.29 is 13.5 Å². The number of ether oxygens (including phenoxy) is 1. The molecule has 0 saturated carbocycles. The smallest absolute Gasteiger partial charge is 0.211 e. The van der Waals surface area contributed by atoms with Crippen molar-refractivity contribution in [2.45, 2.75) is 17.8 Å². The van der Waals surface area contributed by atoms with Crippen LogP contribution in [-0.2, 0) is 16.4 Å². The molecule has 148 valence electrons. The van der Waals surface area contributed by atoms with Crippen LogP contribution < -0.4 is 5.32 Å². The maximum Gasteiger partial charge on any atom is 0.211 e. The molecule has 4 unspecified atom stereocenters. The number of tetrazole rings is 1. The van der Waals surface area contributed by atoms with Crippen molar-refractivity contribution in [3.63, 3.8) is 0 Å². The predicted molar refractivity (Wildman–Crippen MR) is 116 cm³/mol. The van der Waals surface area contributed by atoms with Crippen molar-refractivity contribution in [3.05, 3.63) is 54.1 Å². The summed E-state index contributed by atoms with van der Waals surface area (Å²) in [7, 11) is 6.21. The highest BCUT2D eigenvalue weighted by Crippen LogP contribution is 2.40. The Morgan fingerprint density at radius 3 is 2.54 bits per heavy atom. The number of rotatable bonds is 8. The van der Waals surface area contributed by atoms with Crippen molar-refractivity contribution in [1.29, 1.82) is 0 Å². The van der Waals surface area contributed by atoms with Crippen LogP contribution in [0.2, 0.25) is 0 Å². The number of nitrogens with one attached hydrogen (secondary N) is 1. The molecule has 0 radical (unpaired) electrons. The number of halogens is 2. The van der Waals surface area contributed by atoms with E-state index in [4.69, 9.17) is 4.74 Å². The molecule has 0 amide bonds. The first kappa shape index (κ1) is 21.1. The van der Waals surface area contributed by atoms with Gasteiger partial charge in [0.2, 0.25) is 11.9 Å². The van der Waals surface area contributed by atoms with E-state index in [2.05, 4.69) is 39.2 Å². The van der Waals surface area contributed by atoms with Crippen LogP contribution >= 0.6 is 27.7 Å². The first-order valence-electron chi connectivity index (χ1n) is 8.35. The zero-order valence-electron chi connectivity index (χ0n) is 14.8. The van der Waals surface area contributed by atoms with Crippen LogP contribution in [0.3, 0.4) is 0 Å². The van der Waals surface area contributed by atoms with Crippen molar-refractivity contribution in [1.82, 2.24) is 20.2 Å². The van der Waals surface area contributed by atoms with E-state index in [0.29, 0.717) is 11.4 Å². The van der Waals surface area contributed by atoms with Crippen LogP contribution in [0.4, 0.5) is 20.2 Å². The molecule has 3 rings (SSSR count). The van der Waals surface area contributed by atoms with Gasteiger partial charge >= 0.3 is 0 Å². The highest BCUT2D eigenvalue weighted by atomic mass is 31.1. The number of para-hydroxylation sites is 1. The molecule has 2 aromatic carbocycles. The van der Waals surface area contributed by atoms with Gasteiger partial charge in [0, 0.05) is 16.9 Å². The molecule has 1 N–H and O–H groups in total. The normalized spacial score (nSPS) is 12.8. The standard InChI is InChI=1S/C17H20F2N5OP3/c18-16(26)25-10-9-24-22-15(21-23-24)13-3-1-2-4-14(13)20-12-7-5-11(6-8-12)17(19,27)28/h1-8,16,20H,9-10,26-28H2. The van der Waals surface area contributed by atoms with Crippen molar-refractivity contribution in [3.8, 4) is 11.4 Å². The van der Waals surface area contributed by atoms with Gasteiger partial charge in [-0.2, -0.15) is 4.80 Å². The molecule has 4 atom stereocenters. The molecule has 0 aliphatic rings. The fourth-order valence-corrected chi connectivity index (χ4v) is 2.97. The highest BCUT2D eigenvalue weighted by Gasteiger charge is 2.18. The third kappa shape index (κ3) is 5.71. The third-order valence-electron chi connectivity index (χ3n) is 3.80. The zero-order chi connectivity index (χ0) is 20.1. The summed E-state index contributed by atoms with van der Waals surface area (Å²) < 4.78 is 31.4. The first-order chi connectivity index (χ1) is 13.3. The lowest BCUT2D eigenvalue weighted by Gasteiger charge is -2.15. The molecule has 0 spiro atoms. The van der Waals surface area contributed by atoms with Crippen LogP contribution in [0.25, 0.3) is 11.4 Å². The summed E-state index contributed by atoms with van der Waals surface area (Å²) in [5, 5.41) is 14.1. The van der Waals surface area contributed by atoms with Gasteiger partial charge in [0.25, 0.3) is 0 Å². The van der Waals surface area contributed by atoms with E-state index in [1.165, 1.54) is 4.80 Å². The van der Waals surface area contributed by atoms with Crippen molar-refractivity contribution in [2.24, 2.45) is 0 Å². The van der Waals surface area contributed by atoms with Crippen LogP contribution in [0, 0.1) is 0 Å². The Balaban J connectivity index is 1.76. The second kappa shape index (κ2) is 9.28. The minimum Gasteiger partial charge on any atom is -0.355 e. The largest absolute Gasteiger partial charge is 0.355 e.